The zero-order valence-electron chi connectivity index (χ0n) is 18.9. The van der Waals surface area contributed by atoms with E-state index in [9.17, 15) is 9.59 Å². The van der Waals surface area contributed by atoms with Crippen LogP contribution in [0, 0.1) is 0 Å². The van der Waals surface area contributed by atoms with Gasteiger partial charge in [-0.15, -0.1) is 6.58 Å². The van der Waals surface area contributed by atoms with E-state index < -0.39 is 0 Å². The van der Waals surface area contributed by atoms with Gasteiger partial charge in [-0.3, -0.25) is 14.2 Å². The Bertz CT molecular complexity index is 1280. The summed E-state index contributed by atoms with van der Waals surface area (Å²) in [5.74, 6) is 0.302. The van der Waals surface area contributed by atoms with Crippen molar-refractivity contribution in [2.75, 3.05) is 12.3 Å². The topological polar surface area (TPSA) is 64.0 Å². The maximum atomic E-state index is 12.9. The number of amides is 1. The quantitative estimate of drug-likeness (QED) is 0.201. The molecular formula is C28H27N3O2S. The molecule has 0 radical (unpaired) electrons. The minimum Gasteiger partial charge on any atom is -0.355 e. The van der Waals surface area contributed by atoms with Gasteiger partial charge in [0.05, 0.1) is 16.7 Å². The number of rotatable bonds is 10. The third kappa shape index (κ3) is 5.64. The molecule has 0 aliphatic carbocycles. The molecule has 6 heteroatoms. The zero-order valence-corrected chi connectivity index (χ0v) is 19.7. The molecule has 0 atom stereocenters. The minimum atomic E-state index is -0.123. The van der Waals surface area contributed by atoms with E-state index >= 15 is 0 Å². The summed E-state index contributed by atoms with van der Waals surface area (Å²) in [4.78, 5) is 30.1. The number of allylic oxidation sites excluding steroid dienone is 1. The first-order chi connectivity index (χ1) is 16.7. The van der Waals surface area contributed by atoms with Crippen molar-refractivity contribution in [3.63, 3.8) is 0 Å². The van der Waals surface area contributed by atoms with E-state index in [1.807, 2.05) is 54.6 Å². The molecule has 0 spiro atoms. The average molecular weight is 470 g/mol. The second kappa shape index (κ2) is 11.5. The summed E-state index contributed by atoms with van der Waals surface area (Å²) in [6, 6.07) is 27.9. The number of carbonyl (C=O) groups excluding carboxylic acids is 1. The molecular weight excluding hydrogens is 442 g/mol. The van der Waals surface area contributed by atoms with Gasteiger partial charge in [0.15, 0.2) is 5.16 Å². The molecule has 4 aromatic rings. The average Bonchev–Trinajstić information content (AvgIpc) is 2.88. The summed E-state index contributed by atoms with van der Waals surface area (Å²) in [6.07, 6.45) is 2.45. The third-order valence-corrected chi connectivity index (χ3v) is 6.61. The highest BCUT2D eigenvalue weighted by Crippen LogP contribution is 2.27. The highest BCUT2D eigenvalue weighted by Gasteiger charge is 2.15. The predicted octanol–water partition coefficient (Wildman–Crippen LogP) is 5.01. The van der Waals surface area contributed by atoms with Crippen molar-refractivity contribution < 1.29 is 4.79 Å². The van der Waals surface area contributed by atoms with Crippen molar-refractivity contribution in [1.82, 2.24) is 14.9 Å². The lowest BCUT2D eigenvalue weighted by Crippen LogP contribution is -2.28. The number of carbonyl (C=O) groups is 1. The fraction of sp³-hybridized carbons (Fsp3) is 0.179. The Balaban J connectivity index is 1.40. The van der Waals surface area contributed by atoms with Crippen LogP contribution in [0.2, 0.25) is 0 Å². The first-order valence-corrected chi connectivity index (χ1v) is 12.3. The Labute approximate surface area is 203 Å². The van der Waals surface area contributed by atoms with E-state index in [1.54, 1.807) is 16.7 Å². The van der Waals surface area contributed by atoms with Crippen LogP contribution in [0.4, 0.5) is 0 Å². The van der Waals surface area contributed by atoms with Gasteiger partial charge >= 0.3 is 0 Å². The van der Waals surface area contributed by atoms with E-state index in [0.29, 0.717) is 29.1 Å². The molecule has 0 saturated carbocycles. The summed E-state index contributed by atoms with van der Waals surface area (Å²) in [5.41, 5.74) is 2.96. The molecule has 172 valence electrons. The van der Waals surface area contributed by atoms with Crippen molar-refractivity contribution in [3.05, 3.63) is 119 Å². The Hall–Kier alpha value is -3.64. The Kier molecular flexibility index (Phi) is 7.94. The first kappa shape index (κ1) is 23.5. The van der Waals surface area contributed by atoms with Crippen molar-refractivity contribution in [3.8, 4) is 0 Å². The van der Waals surface area contributed by atoms with Crippen molar-refractivity contribution >= 4 is 28.6 Å². The molecule has 0 aliphatic rings. The summed E-state index contributed by atoms with van der Waals surface area (Å²) in [5, 5.41) is 4.11. The summed E-state index contributed by atoms with van der Waals surface area (Å²) in [6.45, 7) is 4.64. The molecule has 34 heavy (non-hydrogen) atoms. The van der Waals surface area contributed by atoms with Crippen LogP contribution in [0.15, 0.2) is 108 Å². The monoisotopic (exact) mass is 469 g/mol. The standard InChI is InChI=1S/C28H27N3O2S/c1-2-19-31-27(33)24-15-9-10-16-25(24)30-28(31)34-20-26(32)29-18-17-23(21-11-5-3-6-12-21)22-13-7-4-8-14-22/h2-16,23H,1,17-20H2,(H,29,32). The van der Waals surface area contributed by atoms with Crippen LogP contribution in [0.25, 0.3) is 10.9 Å². The van der Waals surface area contributed by atoms with Gasteiger partial charge in [0.1, 0.15) is 0 Å². The number of para-hydroxylation sites is 1. The van der Waals surface area contributed by atoms with Gasteiger partial charge in [-0.2, -0.15) is 0 Å². The molecule has 1 aromatic heterocycles. The molecule has 1 amide bonds. The van der Waals surface area contributed by atoms with Crippen LogP contribution in [0.5, 0.6) is 0 Å². The number of hydrogen-bond acceptors (Lipinski definition) is 4. The van der Waals surface area contributed by atoms with Crippen LogP contribution in [-0.2, 0) is 11.3 Å². The zero-order chi connectivity index (χ0) is 23.8. The van der Waals surface area contributed by atoms with Gasteiger partial charge in [0.2, 0.25) is 5.91 Å². The highest BCUT2D eigenvalue weighted by molar-refractivity contribution is 7.99. The van der Waals surface area contributed by atoms with E-state index in [4.69, 9.17) is 0 Å². The van der Waals surface area contributed by atoms with E-state index in [0.717, 1.165) is 6.42 Å². The molecule has 3 aromatic carbocycles. The van der Waals surface area contributed by atoms with Gasteiger partial charge in [-0.1, -0.05) is 90.6 Å². The van der Waals surface area contributed by atoms with Crippen molar-refractivity contribution in [1.29, 1.82) is 0 Å². The number of fused-ring (bicyclic) bond motifs is 1. The van der Waals surface area contributed by atoms with Crippen molar-refractivity contribution in [2.45, 2.75) is 24.0 Å². The molecule has 0 bridgehead atoms. The summed E-state index contributed by atoms with van der Waals surface area (Å²) in [7, 11) is 0. The molecule has 5 nitrogen and oxygen atoms in total. The molecule has 0 fully saturated rings. The Morgan fingerprint density at radius 2 is 1.59 bits per heavy atom. The maximum Gasteiger partial charge on any atom is 0.262 e. The van der Waals surface area contributed by atoms with Crippen LogP contribution in [0.1, 0.15) is 23.5 Å². The highest BCUT2D eigenvalue weighted by atomic mass is 32.2. The lowest BCUT2D eigenvalue weighted by molar-refractivity contribution is -0.118. The lowest BCUT2D eigenvalue weighted by atomic mass is 9.88. The van der Waals surface area contributed by atoms with Gasteiger partial charge in [-0.05, 0) is 29.7 Å². The normalized spacial score (nSPS) is 11.0. The summed E-state index contributed by atoms with van der Waals surface area (Å²) < 4.78 is 1.56. The summed E-state index contributed by atoms with van der Waals surface area (Å²) >= 11 is 1.27. The lowest BCUT2D eigenvalue weighted by Gasteiger charge is -2.18. The molecule has 1 N–H and O–H groups in total. The molecule has 4 rings (SSSR count). The maximum absolute atomic E-state index is 12.9. The van der Waals surface area contributed by atoms with Crippen LogP contribution < -0.4 is 10.9 Å². The minimum absolute atomic E-state index is 0.0857. The van der Waals surface area contributed by atoms with E-state index in [-0.39, 0.29) is 23.1 Å². The number of aromatic nitrogens is 2. The van der Waals surface area contributed by atoms with Crippen molar-refractivity contribution in [2.24, 2.45) is 0 Å². The number of thioether (sulfide) groups is 1. The van der Waals surface area contributed by atoms with E-state index in [2.05, 4.69) is 41.1 Å². The Morgan fingerprint density at radius 1 is 0.971 bits per heavy atom. The smallest absolute Gasteiger partial charge is 0.262 e. The largest absolute Gasteiger partial charge is 0.355 e. The fourth-order valence-corrected chi connectivity index (χ4v) is 4.82. The first-order valence-electron chi connectivity index (χ1n) is 11.3. The molecule has 0 unspecified atom stereocenters. The number of nitrogens with zero attached hydrogens (tertiary/aromatic N) is 2. The SMILES string of the molecule is C=CCn1c(SCC(=O)NCCC(c2ccccc2)c2ccccc2)nc2ccccc2c1=O. The number of hydrogen-bond donors (Lipinski definition) is 1. The van der Waals surface area contributed by atoms with E-state index in [1.165, 1.54) is 22.9 Å². The van der Waals surface area contributed by atoms with Crippen LogP contribution in [0.3, 0.4) is 0 Å². The van der Waals surface area contributed by atoms with Crippen LogP contribution in [-0.4, -0.2) is 27.8 Å². The second-order valence-electron chi connectivity index (χ2n) is 7.92. The van der Waals surface area contributed by atoms with Gasteiger partial charge in [-0.25, -0.2) is 4.98 Å². The fourth-order valence-electron chi connectivity index (χ4n) is 3.98. The molecule has 1 heterocycles. The third-order valence-electron chi connectivity index (χ3n) is 5.63. The predicted molar refractivity (Wildman–Crippen MR) is 139 cm³/mol. The number of nitrogens with one attached hydrogen (secondary N) is 1. The molecule has 0 saturated heterocycles. The molecule has 0 aliphatic heterocycles. The van der Waals surface area contributed by atoms with Crippen LogP contribution >= 0.6 is 11.8 Å². The second-order valence-corrected chi connectivity index (χ2v) is 8.86. The Morgan fingerprint density at radius 3 is 2.24 bits per heavy atom. The number of benzene rings is 3. The van der Waals surface area contributed by atoms with Gasteiger partial charge in [0.25, 0.3) is 5.56 Å². The van der Waals surface area contributed by atoms with Gasteiger partial charge < -0.3 is 5.32 Å². The van der Waals surface area contributed by atoms with Gasteiger partial charge in [0, 0.05) is 19.0 Å².